The van der Waals surface area contributed by atoms with Crippen LogP contribution in [0.2, 0.25) is 0 Å². The minimum atomic E-state index is -0.0567. The number of nitrogens with one attached hydrogen (secondary N) is 1. The second-order valence-electron chi connectivity index (χ2n) is 8.27. The van der Waals surface area contributed by atoms with Gasteiger partial charge in [0.15, 0.2) is 11.0 Å². The summed E-state index contributed by atoms with van der Waals surface area (Å²) in [6.07, 6.45) is 0. The van der Waals surface area contributed by atoms with Crippen LogP contribution < -0.4 is 10.1 Å². The third-order valence-electron chi connectivity index (χ3n) is 5.30. The van der Waals surface area contributed by atoms with Gasteiger partial charge in [-0.2, -0.15) is 0 Å². The van der Waals surface area contributed by atoms with Crippen LogP contribution in [0.3, 0.4) is 0 Å². The van der Waals surface area contributed by atoms with Crippen LogP contribution in [0.5, 0.6) is 5.75 Å². The van der Waals surface area contributed by atoms with Crippen molar-refractivity contribution in [2.45, 2.75) is 65.8 Å². The molecule has 7 heteroatoms. The molecule has 0 aliphatic rings. The highest BCUT2D eigenvalue weighted by Gasteiger charge is 2.15. The summed E-state index contributed by atoms with van der Waals surface area (Å²) in [7, 11) is 0. The molecule has 0 aliphatic carbocycles. The second-order valence-corrected chi connectivity index (χ2v) is 9.21. The van der Waals surface area contributed by atoms with Gasteiger partial charge in [-0.3, -0.25) is 4.79 Å². The summed E-state index contributed by atoms with van der Waals surface area (Å²) in [5.41, 5.74) is 5.49. The Morgan fingerprint density at radius 2 is 1.75 bits per heavy atom. The third kappa shape index (κ3) is 5.91. The highest BCUT2D eigenvalue weighted by atomic mass is 32.2. The molecule has 1 aromatic heterocycles. The number of amides is 1. The van der Waals surface area contributed by atoms with Gasteiger partial charge in [0.2, 0.25) is 5.91 Å². The average molecular weight is 453 g/mol. The summed E-state index contributed by atoms with van der Waals surface area (Å²) in [5, 5.41) is 12.3. The zero-order chi connectivity index (χ0) is 23.3. The standard InChI is InChI=1S/C25H32N4O2S/c1-7-29-22(14-31-21-10-8-20(9-11-21)16(2)3)27-28-25(29)32-15-23(30)26-24-18(5)12-17(4)13-19(24)6/h8-13,16H,7,14-15H2,1-6H3,(H,26,30). The number of aryl methyl sites for hydroxylation is 3. The van der Waals surface area contributed by atoms with Gasteiger partial charge in [-0.25, -0.2) is 0 Å². The molecule has 1 heterocycles. The Morgan fingerprint density at radius 3 is 2.34 bits per heavy atom. The maximum absolute atomic E-state index is 12.6. The molecule has 2 aromatic carbocycles. The molecule has 3 rings (SSSR count). The number of ether oxygens (including phenoxy) is 1. The Morgan fingerprint density at radius 1 is 1.09 bits per heavy atom. The number of thioether (sulfide) groups is 1. The molecule has 0 radical (unpaired) electrons. The Labute approximate surface area is 194 Å². The fraction of sp³-hybridized carbons (Fsp3) is 0.400. The van der Waals surface area contributed by atoms with Crippen molar-refractivity contribution in [2.24, 2.45) is 0 Å². The number of hydrogen-bond donors (Lipinski definition) is 1. The van der Waals surface area contributed by atoms with Crippen LogP contribution >= 0.6 is 11.8 Å². The van der Waals surface area contributed by atoms with E-state index >= 15 is 0 Å². The molecule has 6 nitrogen and oxygen atoms in total. The van der Waals surface area contributed by atoms with Crippen LogP contribution in [0, 0.1) is 20.8 Å². The van der Waals surface area contributed by atoms with Gasteiger partial charge in [-0.15, -0.1) is 10.2 Å². The first-order valence-electron chi connectivity index (χ1n) is 10.9. The highest BCUT2D eigenvalue weighted by molar-refractivity contribution is 7.99. The Hall–Kier alpha value is -2.80. The molecule has 0 fully saturated rings. The number of anilines is 1. The van der Waals surface area contributed by atoms with Crippen molar-refractivity contribution < 1.29 is 9.53 Å². The zero-order valence-corrected chi connectivity index (χ0v) is 20.5. The first-order chi connectivity index (χ1) is 15.3. The van der Waals surface area contributed by atoms with Gasteiger partial charge in [0, 0.05) is 12.2 Å². The van der Waals surface area contributed by atoms with Gasteiger partial charge in [0.1, 0.15) is 12.4 Å². The van der Waals surface area contributed by atoms with Crippen molar-refractivity contribution >= 4 is 23.4 Å². The van der Waals surface area contributed by atoms with Crippen LogP contribution in [0.15, 0.2) is 41.6 Å². The van der Waals surface area contributed by atoms with Gasteiger partial charge >= 0.3 is 0 Å². The maximum Gasteiger partial charge on any atom is 0.234 e. The Balaban J connectivity index is 1.59. The largest absolute Gasteiger partial charge is 0.486 e. The molecular weight excluding hydrogens is 420 g/mol. The quantitative estimate of drug-likeness (QED) is 0.425. The minimum Gasteiger partial charge on any atom is -0.486 e. The van der Waals surface area contributed by atoms with E-state index in [1.165, 1.54) is 22.9 Å². The average Bonchev–Trinajstić information content (AvgIpc) is 3.15. The topological polar surface area (TPSA) is 69.0 Å². The van der Waals surface area contributed by atoms with Crippen molar-refractivity contribution in [3.63, 3.8) is 0 Å². The van der Waals surface area contributed by atoms with Gasteiger partial charge in [0.05, 0.1) is 5.75 Å². The van der Waals surface area contributed by atoms with E-state index in [0.717, 1.165) is 28.4 Å². The number of rotatable bonds is 9. The summed E-state index contributed by atoms with van der Waals surface area (Å²) in [4.78, 5) is 12.6. The molecule has 1 N–H and O–H groups in total. The molecule has 0 unspecified atom stereocenters. The van der Waals surface area contributed by atoms with Crippen molar-refractivity contribution in [3.8, 4) is 5.75 Å². The van der Waals surface area contributed by atoms with Crippen molar-refractivity contribution in [1.29, 1.82) is 0 Å². The van der Waals surface area contributed by atoms with E-state index in [9.17, 15) is 4.79 Å². The van der Waals surface area contributed by atoms with Crippen LogP contribution in [0.1, 0.15) is 54.8 Å². The molecule has 0 spiro atoms. The van der Waals surface area contributed by atoms with E-state index in [0.29, 0.717) is 24.2 Å². The smallest absolute Gasteiger partial charge is 0.234 e. The number of benzene rings is 2. The summed E-state index contributed by atoms with van der Waals surface area (Å²) >= 11 is 1.38. The lowest BCUT2D eigenvalue weighted by atomic mass is 10.0. The molecule has 32 heavy (non-hydrogen) atoms. The molecule has 0 atom stereocenters. The Bertz CT molecular complexity index is 1050. The van der Waals surface area contributed by atoms with Crippen molar-refractivity contribution in [1.82, 2.24) is 14.8 Å². The second kappa shape index (κ2) is 10.7. The first-order valence-corrected chi connectivity index (χ1v) is 11.9. The molecule has 0 bridgehead atoms. The van der Waals surface area contributed by atoms with E-state index in [1.807, 2.05) is 37.5 Å². The SMILES string of the molecule is CCn1c(COc2ccc(C(C)C)cc2)nnc1SCC(=O)Nc1c(C)cc(C)cc1C. The third-order valence-corrected chi connectivity index (χ3v) is 6.26. The van der Waals surface area contributed by atoms with Crippen LogP contribution in [-0.2, 0) is 17.9 Å². The van der Waals surface area contributed by atoms with Crippen molar-refractivity contribution in [3.05, 3.63) is 64.5 Å². The molecule has 0 saturated heterocycles. The van der Waals surface area contributed by atoms with E-state index < -0.39 is 0 Å². The first kappa shape index (κ1) is 23.9. The molecule has 170 valence electrons. The molecule has 3 aromatic rings. The number of hydrogen-bond acceptors (Lipinski definition) is 5. The van der Waals surface area contributed by atoms with E-state index in [-0.39, 0.29) is 11.7 Å². The Kier molecular flexibility index (Phi) is 7.96. The van der Waals surface area contributed by atoms with Gasteiger partial charge in [-0.05, 0) is 62.4 Å². The summed E-state index contributed by atoms with van der Waals surface area (Å²) in [5.74, 6) is 2.25. The lowest BCUT2D eigenvalue weighted by Gasteiger charge is -2.13. The normalized spacial score (nSPS) is 11.1. The van der Waals surface area contributed by atoms with Gasteiger partial charge in [0.25, 0.3) is 0 Å². The number of carbonyl (C=O) groups excluding carboxylic acids is 1. The van der Waals surface area contributed by atoms with E-state index in [2.05, 4.69) is 60.6 Å². The number of carbonyl (C=O) groups is 1. The zero-order valence-electron chi connectivity index (χ0n) is 19.7. The van der Waals surface area contributed by atoms with Crippen molar-refractivity contribution in [2.75, 3.05) is 11.1 Å². The molecule has 1 amide bonds. The maximum atomic E-state index is 12.6. The fourth-order valence-corrected chi connectivity index (χ4v) is 4.45. The lowest BCUT2D eigenvalue weighted by molar-refractivity contribution is -0.113. The number of aromatic nitrogens is 3. The number of nitrogens with zero attached hydrogens (tertiary/aromatic N) is 3. The lowest BCUT2D eigenvalue weighted by Crippen LogP contribution is -2.16. The summed E-state index contributed by atoms with van der Waals surface area (Å²) in [6.45, 7) is 13.5. The van der Waals surface area contributed by atoms with Gasteiger partial charge < -0.3 is 14.6 Å². The minimum absolute atomic E-state index is 0.0567. The monoisotopic (exact) mass is 452 g/mol. The fourth-order valence-electron chi connectivity index (χ4n) is 3.63. The van der Waals surface area contributed by atoms with Crippen LogP contribution in [0.25, 0.3) is 0 Å². The summed E-state index contributed by atoms with van der Waals surface area (Å²) < 4.78 is 7.90. The van der Waals surface area contributed by atoms with E-state index in [1.54, 1.807) is 0 Å². The van der Waals surface area contributed by atoms with Crippen LogP contribution in [0.4, 0.5) is 5.69 Å². The molecular formula is C25H32N4O2S. The molecule has 0 aliphatic heterocycles. The van der Waals surface area contributed by atoms with Gasteiger partial charge in [-0.1, -0.05) is 55.4 Å². The predicted octanol–water partition coefficient (Wildman–Crippen LogP) is 5.66. The van der Waals surface area contributed by atoms with E-state index in [4.69, 9.17) is 4.74 Å². The predicted molar refractivity (Wildman–Crippen MR) is 131 cm³/mol. The summed E-state index contributed by atoms with van der Waals surface area (Å²) in [6, 6.07) is 12.3. The van der Waals surface area contributed by atoms with Crippen LogP contribution in [-0.4, -0.2) is 26.4 Å². The highest BCUT2D eigenvalue weighted by Crippen LogP contribution is 2.24. The molecule has 0 saturated carbocycles.